The normalized spacial score (nSPS) is 25.0. The minimum Gasteiger partial charge on any atom is -0.491 e. The Kier molecular flexibility index (Phi) is 9.63. The number of carbonyl (C=O) groups excluding carboxylic acids is 2. The molecule has 7 nitrogen and oxygen atoms in total. The lowest BCUT2D eigenvalue weighted by Gasteiger charge is -2.36. The molecule has 1 aromatic rings. The molecule has 1 aliphatic heterocycles. The van der Waals surface area contributed by atoms with Gasteiger partial charge >= 0.3 is 6.18 Å². The molecule has 0 saturated heterocycles. The molecule has 0 aromatic heterocycles. The number of fused-ring (bicyclic) bond motifs is 1. The number of benzene rings is 1. The van der Waals surface area contributed by atoms with E-state index in [1.807, 2.05) is 13.8 Å². The highest BCUT2D eigenvalue weighted by molar-refractivity contribution is 5.99. The van der Waals surface area contributed by atoms with Crippen LogP contribution >= 0.6 is 0 Å². The number of hydrogen-bond acceptors (Lipinski definition) is 5. The van der Waals surface area contributed by atoms with Crippen LogP contribution in [0.4, 0.5) is 18.9 Å². The van der Waals surface area contributed by atoms with Crippen molar-refractivity contribution in [2.75, 3.05) is 45.7 Å². The number of alkyl halides is 3. The summed E-state index contributed by atoms with van der Waals surface area (Å²) >= 11 is 0. The van der Waals surface area contributed by atoms with Gasteiger partial charge in [0.05, 0.1) is 18.1 Å². The number of nitrogens with zero attached hydrogens (tertiary/aromatic N) is 2. The van der Waals surface area contributed by atoms with Crippen LogP contribution < -0.4 is 10.1 Å². The number of likely N-dealkylation sites (N-methyl/N-ethyl adjacent to an activating group) is 1. The number of hydrogen-bond donors (Lipinski definition) is 1. The van der Waals surface area contributed by atoms with Gasteiger partial charge in [0.15, 0.2) is 0 Å². The maximum atomic E-state index is 13.4. The van der Waals surface area contributed by atoms with E-state index in [0.29, 0.717) is 23.5 Å². The van der Waals surface area contributed by atoms with Crippen LogP contribution in [0.1, 0.15) is 56.3 Å². The van der Waals surface area contributed by atoms with E-state index in [2.05, 4.69) is 5.32 Å². The second kappa shape index (κ2) is 12.3. The Bertz CT molecular complexity index is 905. The van der Waals surface area contributed by atoms with E-state index in [1.165, 1.54) is 4.90 Å². The first-order valence-corrected chi connectivity index (χ1v) is 12.6. The predicted octanol–water partition coefficient (Wildman–Crippen LogP) is 4.57. The summed E-state index contributed by atoms with van der Waals surface area (Å²) in [5.41, 5.74) is 0.804. The number of carbonyl (C=O) groups is 2. The van der Waals surface area contributed by atoms with Crippen molar-refractivity contribution in [1.82, 2.24) is 9.80 Å². The molecule has 1 aliphatic carbocycles. The van der Waals surface area contributed by atoms with Crippen molar-refractivity contribution in [3.05, 3.63) is 23.8 Å². The van der Waals surface area contributed by atoms with Gasteiger partial charge in [-0.1, -0.05) is 19.8 Å². The van der Waals surface area contributed by atoms with Crippen LogP contribution in [0.15, 0.2) is 18.2 Å². The van der Waals surface area contributed by atoms with E-state index >= 15 is 0 Å². The molecule has 0 radical (unpaired) electrons. The van der Waals surface area contributed by atoms with Crippen LogP contribution in [0, 0.1) is 11.8 Å². The van der Waals surface area contributed by atoms with Crippen LogP contribution in [0.2, 0.25) is 0 Å². The minimum absolute atomic E-state index is 0.0203. The molecular weight excluding hydrogens is 475 g/mol. The largest absolute Gasteiger partial charge is 0.491 e. The number of nitrogens with one attached hydrogen (secondary N) is 1. The lowest BCUT2D eigenvalue weighted by molar-refractivity contribution is -0.140. The molecule has 2 aliphatic rings. The van der Waals surface area contributed by atoms with E-state index in [1.54, 1.807) is 37.3 Å². The number of ether oxygens (including phenoxy) is 2. The summed E-state index contributed by atoms with van der Waals surface area (Å²) in [5, 5.41) is 2.92. The highest BCUT2D eigenvalue weighted by Crippen LogP contribution is 2.29. The summed E-state index contributed by atoms with van der Waals surface area (Å²) in [6, 6.07) is 4.62. The standard InChI is InChI=1S/C26H38F3N3O4/c1-17-14-32(12-11-26(27,28)29)18(2)16-36-22-10-9-20(30-24(33)19-7-5-6-8-19)13-21(22)25(34)31(3)15-23(17)35-4/h9-10,13,17-19,23H,5-8,11-12,14-16H2,1-4H3,(H,30,33)/t17-,18+,23-/m1/s1. The number of rotatable bonds is 5. The molecule has 1 aromatic carbocycles. The molecule has 0 spiro atoms. The van der Waals surface area contributed by atoms with E-state index in [0.717, 1.165) is 25.7 Å². The zero-order valence-electron chi connectivity index (χ0n) is 21.6. The van der Waals surface area contributed by atoms with Crippen molar-refractivity contribution in [3.63, 3.8) is 0 Å². The molecule has 0 bridgehead atoms. The third-order valence-electron chi connectivity index (χ3n) is 7.25. The van der Waals surface area contributed by atoms with Crippen LogP contribution in [0.3, 0.4) is 0 Å². The van der Waals surface area contributed by atoms with Crippen molar-refractivity contribution in [2.45, 2.75) is 64.3 Å². The fourth-order valence-electron chi connectivity index (χ4n) is 4.94. The Labute approximate surface area is 211 Å². The van der Waals surface area contributed by atoms with Crippen molar-refractivity contribution in [2.24, 2.45) is 11.8 Å². The monoisotopic (exact) mass is 513 g/mol. The molecule has 0 unspecified atom stereocenters. The SMILES string of the molecule is CO[C@@H]1CN(C)C(=O)c2cc(NC(=O)C3CCCC3)ccc2OC[C@H](C)N(CCC(F)(F)F)C[C@H]1C. The van der Waals surface area contributed by atoms with Crippen molar-refractivity contribution >= 4 is 17.5 Å². The van der Waals surface area contributed by atoms with Crippen LogP contribution in [0.25, 0.3) is 0 Å². The summed E-state index contributed by atoms with van der Waals surface area (Å²) < 4.78 is 50.6. The first-order valence-electron chi connectivity index (χ1n) is 12.6. The number of amides is 2. The van der Waals surface area contributed by atoms with Gasteiger partial charge in [0.1, 0.15) is 12.4 Å². The molecule has 1 N–H and O–H groups in total. The van der Waals surface area contributed by atoms with Crippen molar-refractivity contribution < 1.29 is 32.2 Å². The second-order valence-electron chi connectivity index (χ2n) is 10.1. The van der Waals surface area contributed by atoms with Gasteiger partial charge in [0.2, 0.25) is 5.91 Å². The lowest BCUT2D eigenvalue weighted by atomic mass is 10.0. The van der Waals surface area contributed by atoms with Crippen molar-refractivity contribution in [1.29, 1.82) is 0 Å². The summed E-state index contributed by atoms with van der Waals surface area (Å²) in [5.74, 6) is -0.149. The average molecular weight is 514 g/mol. The lowest BCUT2D eigenvalue weighted by Crippen LogP contribution is -2.47. The summed E-state index contributed by atoms with van der Waals surface area (Å²) in [6.45, 7) is 4.33. The maximum Gasteiger partial charge on any atom is 0.390 e. The quantitative estimate of drug-likeness (QED) is 0.625. The van der Waals surface area contributed by atoms with Crippen LogP contribution in [0.5, 0.6) is 5.75 Å². The van der Waals surface area contributed by atoms with Gasteiger partial charge in [0.25, 0.3) is 5.91 Å². The average Bonchev–Trinajstić information content (AvgIpc) is 3.37. The fraction of sp³-hybridized carbons (Fsp3) is 0.692. The molecule has 10 heteroatoms. The molecule has 1 fully saturated rings. The zero-order valence-corrected chi connectivity index (χ0v) is 21.6. The zero-order chi connectivity index (χ0) is 26.5. The van der Waals surface area contributed by atoms with E-state index in [4.69, 9.17) is 9.47 Å². The highest BCUT2D eigenvalue weighted by Gasteiger charge is 2.32. The van der Waals surface area contributed by atoms with Gasteiger partial charge in [-0.05, 0) is 43.9 Å². The third kappa shape index (κ3) is 7.59. The summed E-state index contributed by atoms with van der Waals surface area (Å²) in [6.07, 6.45) is -1.74. The van der Waals surface area contributed by atoms with Gasteiger partial charge < -0.3 is 19.7 Å². The maximum absolute atomic E-state index is 13.4. The van der Waals surface area contributed by atoms with Gasteiger partial charge in [0, 0.05) is 51.4 Å². The molecule has 202 valence electrons. The van der Waals surface area contributed by atoms with Gasteiger partial charge in [-0.3, -0.25) is 14.5 Å². The predicted molar refractivity (Wildman–Crippen MR) is 131 cm³/mol. The Morgan fingerprint density at radius 2 is 1.89 bits per heavy atom. The Morgan fingerprint density at radius 3 is 2.53 bits per heavy atom. The Hall–Kier alpha value is -2.33. The Morgan fingerprint density at radius 1 is 1.19 bits per heavy atom. The molecule has 1 heterocycles. The third-order valence-corrected chi connectivity index (χ3v) is 7.25. The number of anilines is 1. The van der Waals surface area contributed by atoms with Crippen LogP contribution in [-0.2, 0) is 9.53 Å². The minimum atomic E-state index is -4.26. The molecule has 1 saturated carbocycles. The first kappa shape index (κ1) is 28.2. The number of methoxy groups -OCH3 is 1. The van der Waals surface area contributed by atoms with Gasteiger partial charge in [-0.2, -0.15) is 13.2 Å². The molecule has 3 atom stereocenters. The number of halogens is 3. The van der Waals surface area contributed by atoms with E-state index < -0.39 is 12.6 Å². The van der Waals surface area contributed by atoms with Gasteiger partial charge in [-0.15, -0.1) is 0 Å². The summed E-state index contributed by atoms with van der Waals surface area (Å²) in [4.78, 5) is 29.3. The molecule has 3 rings (SSSR count). The Balaban J connectivity index is 1.87. The molecule has 36 heavy (non-hydrogen) atoms. The fourth-order valence-corrected chi connectivity index (χ4v) is 4.94. The summed E-state index contributed by atoms with van der Waals surface area (Å²) in [7, 11) is 3.20. The smallest absolute Gasteiger partial charge is 0.390 e. The highest BCUT2D eigenvalue weighted by atomic mass is 19.4. The van der Waals surface area contributed by atoms with E-state index in [9.17, 15) is 22.8 Å². The van der Waals surface area contributed by atoms with Gasteiger partial charge in [-0.25, -0.2) is 0 Å². The first-order chi connectivity index (χ1) is 17.0. The molecule has 2 amide bonds. The van der Waals surface area contributed by atoms with Crippen LogP contribution in [-0.4, -0.2) is 80.3 Å². The topological polar surface area (TPSA) is 71.1 Å². The van der Waals surface area contributed by atoms with E-state index in [-0.39, 0.29) is 55.5 Å². The van der Waals surface area contributed by atoms with Crippen molar-refractivity contribution in [3.8, 4) is 5.75 Å². The molecular formula is C26H38F3N3O4. The second-order valence-corrected chi connectivity index (χ2v) is 10.1.